The lowest BCUT2D eigenvalue weighted by Gasteiger charge is -2.17. The topological polar surface area (TPSA) is 108 Å². The van der Waals surface area contributed by atoms with Gasteiger partial charge in [0.25, 0.3) is 0 Å². The van der Waals surface area contributed by atoms with E-state index in [0.29, 0.717) is 5.75 Å². The molecular weight excluding hydrogens is 288 g/mol. The minimum atomic E-state index is -0.964. The molecule has 22 heavy (non-hydrogen) atoms. The van der Waals surface area contributed by atoms with Crippen LogP contribution in [0, 0.1) is 0 Å². The number of para-hydroxylation sites is 1. The number of ether oxygens (including phenoxy) is 1. The highest BCUT2D eigenvalue weighted by atomic mass is 16.5. The number of carbonyl (C=O) groups excluding carboxylic acids is 1. The molecule has 0 fully saturated rings. The number of carbonyl (C=O) groups is 2. The lowest BCUT2D eigenvalue weighted by Crippen LogP contribution is -2.46. The molecule has 1 amide bonds. The first-order valence-corrected chi connectivity index (χ1v) is 7.08. The number of hydrogen-bond donors (Lipinski definition) is 4. The monoisotopic (exact) mass is 310 g/mol. The summed E-state index contributed by atoms with van der Waals surface area (Å²) < 4.78 is 5.40. The second kappa shape index (κ2) is 9.75. The van der Waals surface area contributed by atoms with Crippen LogP contribution in [-0.4, -0.2) is 53.9 Å². The molecule has 0 aliphatic heterocycles. The summed E-state index contributed by atoms with van der Waals surface area (Å²) in [5, 5.41) is 23.6. The summed E-state index contributed by atoms with van der Waals surface area (Å²) in [7, 11) is 0. The van der Waals surface area contributed by atoms with Crippen LogP contribution in [0.1, 0.15) is 13.3 Å². The Hall–Kier alpha value is -2.12. The maximum Gasteiger partial charge on any atom is 0.305 e. The highest BCUT2D eigenvalue weighted by Gasteiger charge is 2.14. The fourth-order valence-corrected chi connectivity index (χ4v) is 1.62. The van der Waals surface area contributed by atoms with Gasteiger partial charge in [0.15, 0.2) is 0 Å². The van der Waals surface area contributed by atoms with Gasteiger partial charge < -0.3 is 25.6 Å². The molecule has 7 heteroatoms. The van der Waals surface area contributed by atoms with E-state index in [1.807, 2.05) is 18.2 Å². The Morgan fingerprint density at radius 2 is 1.95 bits per heavy atom. The highest BCUT2D eigenvalue weighted by Crippen LogP contribution is 2.08. The molecule has 0 saturated carbocycles. The van der Waals surface area contributed by atoms with Crippen LogP contribution in [0.15, 0.2) is 30.3 Å². The Kier molecular flexibility index (Phi) is 7.95. The third kappa shape index (κ3) is 7.61. The first-order valence-electron chi connectivity index (χ1n) is 7.08. The smallest absolute Gasteiger partial charge is 0.305 e. The molecule has 0 spiro atoms. The van der Waals surface area contributed by atoms with Crippen molar-refractivity contribution in [1.82, 2.24) is 10.6 Å². The predicted molar refractivity (Wildman–Crippen MR) is 80.7 cm³/mol. The first-order chi connectivity index (χ1) is 10.5. The fraction of sp³-hybridized carbons (Fsp3) is 0.467. The van der Waals surface area contributed by atoms with Gasteiger partial charge in [-0.15, -0.1) is 0 Å². The van der Waals surface area contributed by atoms with Gasteiger partial charge in [-0.25, -0.2) is 0 Å². The lowest BCUT2D eigenvalue weighted by atomic mass is 10.2. The third-order valence-electron chi connectivity index (χ3n) is 2.88. The van der Waals surface area contributed by atoms with Crippen LogP contribution >= 0.6 is 0 Å². The summed E-state index contributed by atoms with van der Waals surface area (Å²) in [5.74, 6) is -0.604. The molecular formula is C15H22N2O5. The van der Waals surface area contributed by atoms with E-state index < -0.39 is 18.1 Å². The zero-order valence-electron chi connectivity index (χ0n) is 12.5. The van der Waals surface area contributed by atoms with Crippen molar-refractivity contribution in [3.05, 3.63) is 30.3 Å². The van der Waals surface area contributed by atoms with E-state index in [1.54, 1.807) is 19.1 Å². The van der Waals surface area contributed by atoms with Crippen molar-refractivity contribution >= 4 is 11.9 Å². The zero-order chi connectivity index (χ0) is 16.4. The third-order valence-corrected chi connectivity index (χ3v) is 2.88. The minimum absolute atomic E-state index is 0.0832. The molecule has 0 aromatic heterocycles. The predicted octanol–water partition coefficient (Wildman–Crippen LogP) is -0.00470. The van der Waals surface area contributed by atoms with Crippen molar-refractivity contribution in [2.45, 2.75) is 25.5 Å². The number of amides is 1. The molecule has 4 N–H and O–H groups in total. The number of carboxylic acids is 1. The molecule has 1 rings (SSSR count). The van der Waals surface area contributed by atoms with E-state index in [-0.39, 0.29) is 32.0 Å². The standard InChI is InChI=1S/C15H22N2O5/c1-11(15(21)16-8-7-14(19)20)17-9-12(18)10-22-13-5-3-2-4-6-13/h2-6,11-12,17-18H,7-10H2,1H3,(H,16,21)(H,19,20)/t11-,12-/m0/s1. The summed E-state index contributed by atoms with van der Waals surface area (Å²) in [6, 6.07) is 8.60. The normalized spacial score (nSPS) is 13.2. The zero-order valence-corrected chi connectivity index (χ0v) is 12.5. The molecule has 122 valence electrons. The van der Waals surface area contributed by atoms with Gasteiger partial charge >= 0.3 is 5.97 Å². The Labute approximate surface area is 129 Å². The van der Waals surface area contributed by atoms with Crippen LogP contribution in [0.2, 0.25) is 0 Å². The lowest BCUT2D eigenvalue weighted by molar-refractivity contribution is -0.136. The van der Waals surface area contributed by atoms with Crippen molar-refractivity contribution in [2.24, 2.45) is 0 Å². The quantitative estimate of drug-likeness (QED) is 0.484. The molecule has 0 saturated heterocycles. The van der Waals surface area contributed by atoms with Crippen molar-refractivity contribution in [3.8, 4) is 5.75 Å². The Morgan fingerprint density at radius 3 is 2.59 bits per heavy atom. The number of aliphatic hydroxyl groups excluding tert-OH is 1. The molecule has 0 unspecified atom stereocenters. The molecule has 0 radical (unpaired) electrons. The van der Waals surface area contributed by atoms with Crippen LogP contribution < -0.4 is 15.4 Å². The summed E-state index contributed by atoms with van der Waals surface area (Å²) in [5.41, 5.74) is 0. The fourth-order valence-electron chi connectivity index (χ4n) is 1.62. The molecule has 0 aliphatic carbocycles. The van der Waals surface area contributed by atoms with Crippen molar-refractivity contribution < 1.29 is 24.5 Å². The van der Waals surface area contributed by atoms with Crippen molar-refractivity contribution in [2.75, 3.05) is 19.7 Å². The molecule has 0 heterocycles. The number of carboxylic acid groups (broad SMARTS) is 1. The Balaban J connectivity index is 2.18. The molecule has 1 aromatic carbocycles. The first kappa shape index (κ1) is 17.9. The van der Waals surface area contributed by atoms with Crippen LogP contribution in [0.3, 0.4) is 0 Å². The Bertz CT molecular complexity index is 466. The summed E-state index contributed by atoms with van der Waals surface area (Å²) >= 11 is 0. The largest absolute Gasteiger partial charge is 0.491 e. The van der Waals surface area contributed by atoms with E-state index in [2.05, 4.69) is 10.6 Å². The number of aliphatic carboxylic acids is 1. The van der Waals surface area contributed by atoms with Crippen LogP contribution in [0.25, 0.3) is 0 Å². The summed E-state index contributed by atoms with van der Waals surface area (Å²) in [6.07, 6.45) is -0.874. The van der Waals surface area contributed by atoms with Gasteiger partial charge in [-0.1, -0.05) is 18.2 Å². The van der Waals surface area contributed by atoms with Gasteiger partial charge in [0, 0.05) is 13.1 Å². The number of aliphatic hydroxyl groups is 1. The SMILES string of the molecule is C[C@H](NC[C@H](O)COc1ccccc1)C(=O)NCCC(=O)O. The number of benzene rings is 1. The maximum absolute atomic E-state index is 11.6. The summed E-state index contributed by atoms with van der Waals surface area (Å²) in [4.78, 5) is 22.0. The van der Waals surface area contributed by atoms with E-state index in [1.165, 1.54) is 0 Å². The van der Waals surface area contributed by atoms with Gasteiger partial charge in [0.05, 0.1) is 12.5 Å². The highest BCUT2D eigenvalue weighted by molar-refractivity contribution is 5.81. The van der Waals surface area contributed by atoms with Gasteiger partial charge in [-0.3, -0.25) is 9.59 Å². The second-order valence-corrected chi connectivity index (χ2v) is 4.84. The maximum atomic E-state index is 11.6. The molecule has 2 atom stereocenters. The van der Waals surface area contributed by atoms with Crippen molar-refractivity contribution in [3.63, 3.8) is 0 Å². The second-order valence-electron chi connectivity index (χ2n) is 4.84. The number of rotatable bonds is 10. The van der Waals surface area contributed by atoms with Crippen molar-refractivity contribution in [1.29, 1.82) is 0 Å². The average Bonchev–Trinajstić information content (AvgIpc) is 2.51. The van der Waals surface area contributed by atoms with E-state index in [4.69, 9.17) is 9.84 Å². The number of hydrogen-bond acceptors (Lipinski definition) is 5. The molecule has 0 bridgehead atoms. The van der Waals surface area contributed by atoms with Crippen LogP contribution in [0.5, 0.6) is 5.75 Å². The van der Waals surface area contributed by atoms with E-state index in [9.17, 15) is 14.7 Å². The molecule has 1 aromatic rings. The van der Waals surface area contributed by atoms with E-state index in [0.717, 1.165) is 0 Å². The van der Waals surface area contributed by atoms with Crippen LogP contribution in [0.4, 0.5) is 0 Å². The van der Waals surface area contributed by atoms with E-state index >= 15 is 0 Å². The summed E-state index contributed by atoms with van der Waals surface area (Å²) in [6.45, 7) is 2.03. The van der Waals surface area contributed by atoms with Gasteiger partial charge in [0.2, 0.25) is 5.91 Å². The van der Waals surface area contributed by atoms with Gasteiger partial charge in [-0.05, 0) is 19.1 Å². The number of nitrogens with one attached hydrogen (secondary N) is 2. The van der Waals surface area contributed by atoms with Gasteiger partial charge in [-0.2, -0.15) is 0 Å². The van der Waals surface area contributed by atoms with Crippen LogP contribution in [-0.2, 0) is 9.59 Å². The Morgan fingerprint density at radius 1 is 1.27 bits per heavy atom. The minimum Gasteiger partial charge on any atom is -0.491 e. The molecule has 7 nitrogen and oxygen atoms in total. The van der Waals surface area contributed by atoms with Gasteiger partial charge in [0.1, 0.15) is 18.5 Å². The average molecular weight is 310 g/mol. The molecule has 0 aliphatic rings.